The van der Waals surface area contributed by atoms with Gasteiger partial charge in [-0.1, -0.05) is 72.8 Å². The van der Waals surface area contributed by atoms with E-state index < -0.39 is 0 Å². The van der Waals surface area contributed by atoms with Gasteiger partial charge in [-0.3, -0.25) is 0 Å². The third-order valence-electron chi connectivity index (χ3n) is 3.35. The monoisotopic (exact) mass is 274 g/mol. The van der Waals surface area contributed by atoms with E-state index in [0.717, 1.165) is 22.3 Å². The molecule has 0 spiro atoms. The first-order chi connectivity index (χ1) is 10.3. The van der Waals surface area contributed by atoms with Crippen molar-refractivity contribution in [1.29, 1.82) is 0 Å². The van der Waals surface area contributed by atoms with E-state index in [1.807, 2.05) is 48.5 Å². The second-order valence-electron chi connectivity index (χ2n) is 4.84. The van der Waals surface area contributed by atoms with Crippen LogP contribution in [0.15, 0.2) is 84.9 Å². The molecule has 102 valence electrons. The Morgan fingerprint density at radius 2 is 1.14 bits per heavy atom. The summed E-state index contributed by atoms with van der Waals surface area (Å²) in [6.07, 6.45) is 2.13. The maximum Gasteiger partial charge on any atom is 0.123 e. The van der Waals surface area contributed by atoms with E-state index in [1.165, 1.54) is 12.1 Å². The molecule has 0 saturated carbocycles. The Kier molecular flexibility index (Phi) is 3.92. The normalized spacial score (nSPS) is 11.4. The van der Waals surface area contributed by atoms with E-state index in [1.54, 1.807) is 0 Å². The lowest BCUT2D eigenvalue weighted by Gasteiger charge is -2.09. The molecular formula is C20H15F. The molecule has 0 radical (unpaired) electrons. The Balaban J connectivity index is 2.12. The number of halogens is 1. The molecule has 0 nitrogen and oxygen atoms in total. The van der Waals surface area contributed by atoms with Gasteiger partial charge in [-0.25, -0.2) is 4.39 Å². The molecule has 0 aliphatic heterocycles. The average molecular weight is 274 g/mol. The van der Waals surface area contributed by atoms with Crippen molar-refractivity contribution in [3.05, 3.63) is 107 Å². The number of hydrogen-bond acceptors (Lipinski definition) is 0. The fraction of sp³-hybridized carbons (Fsp3) is 0. The zero-order valence-electron chi connectivity index (χ0n) is 11.5. The Morgan fingerprint density at radius 1 is 0.619 bits per heavy atom. The molecule has 0 aromatic heterocycles. The highest BCUT2D eigenvalue weighted by atomic mass is 19.1. The van der Waals surface area contributed by atoms with Gasteiger partial charge in [-0.2, -0.15) is 0 Å². The highest BCUT2D eigenvalue weighted by Crippen LogP contribution is 2.26. The van der Waals surface area contributed by atoms with Crippen LogP contribution in [0.2, 0.25) is 0 Å². The zero-order valence-corrected chi connectivity index (χ0v) is 11.5. The van der Waals surface area contributed by atoms with Crippen molar-refractivity contribution in [3.8, 4) is 0 Å². The summed E-state index contributed by atoms with van der Waals surface area (Å²) in [5, 5.41) is 0. The molecule has 0 amide bonds. The van der Waals surface area contributed by atoms with Crippen LogP contribution in [-0.2, 0) is 0 Å². The van der Waals surface area contributed by atoms with Crippen LogP contribution >= 0.6 is 0 Å². The minimum absolute atomic E-state index is 0.217. The van der Waals surface area contributed by atoms with Crippen molar-refractivity contribution in [3.63, 3.8) is 0 Å². The van der Waals surface area contributed by atoms with Crippen molar-refractivity contribution < 1.29 is 4.39 Å². The van der Waals surface area contributed by atoms with Crippen LogP contribution in [0, 0.1) is 5.82 Å². The van der Waals surface area contributed by atoms with Gasteiger partial charge in [0.05, 0.1) is 0 Å². The Hall–Kier alpha value is -2.67. The SMILES string of the molecule is Fc1ccc(/C(=C/c2ccccc2)c2ccccc2)cc1. The fourth-order valence-corrected chi connectivity index (χ4v) is 2.30. The van der Waals surface area contributed by atoms with E-state index in [-0.39, 0.29) is 5.82 Å². The molecule has 0 bridgehead atoms. The minimum atomic E-state index is -0.217. The van der Waals surface area contributed by atoms with Crippen molar-refractivity contribution in [1.82, 2.24) is 0 Å². The van der Waals surface area contributed by atoms with Crippen molar-refractivity contribution in [2.45, 2.75) is 0 Å². The Bertz CT molecular complexity index is 726. The van der Waals surface area contributed by atoms with Crippen LogP contribution in [0.25, 0.3) is 11.6 Å². The third kappa shape index (κ3) is 3.26. The lowest BCUT2D eigenvalue weighted by molar-refractivity contribution is 0.627. The summed E-state index contributed by atoms with van der Waals surface area (Å²) in [7, 11) is 0. The maximum atomic E-state index is 13.2. The van der Waals surface area contributed by atoms with Gasteiger partial charge in [0.1, 0.15) is 5.82 Å². The summed E-state index contributed by atoms with van der Waals surface area (Å²) in [5.41, 5.74) is 4.34. The van der Waals surface area contributed by atoms with Gasteiger partial charge in [0, 0.05) is 0 Å². The summed E-state index contributed by atoms with van der Waals surface area (Å²) in [5.74, 6) is -0.217. The maximum absolute atomic E-state index is 13.2. The van der Waals surface area contributed by atoms with E-state index in [9.17, 15) is 4.39 Å². The fourth-order valence-electron chi connectivity index (χ4n) is 2.30. The number of rotatable bonds is 3. The molecule has 0 N–H and O–H groups in total. The molecule has 3 aromatic carbocycles. The lowest BCUT2D eigenvalue weighted by atomic mass is 9.96. The Morgan fingerprint density at radius 3 is 1.76 bits per heavy atom. The largest absolute Gasteiger partial charge is 0.207 e. The average Bonchev–Trinajstić information content (AvgIpc) is 2.55. The standard InChI is InChI=1S/C20H15F/c21-19-13-11-18(12-14-19)20(17-9-5-2-6-10-17)15-16-7-3-1-4-8-16/h1-15H/b20-15+. The first-order valence-electron chi connectivity index (χ1n) is 6.91. The van der Waals surface area contributed by atoms with Gasteiger partial charge < -0.3 is 0 Å². The van der Waals surface area contributed by atoms with E-state index in [0.29, 0.717) is 0 Å². The Labute approximate surface area is 124 Å². The summed E-state index contributed by atoms with van der Waals surface area (Å²) < 4.78 is 13.2. The van der Waals surface area contributed by atoms with Gasteiger partial charge in [-0.05, 0) is 40.5 Å². The van der Waals surface area contributed by atoms with Gasteiger partial charge in [-0.15, -0.1) is 0 Å². The van der Waals surface area contributed by atoms with Crippen molar-refractivity contribution in [2.24, 2.45) is 0 Å². The second-order valence-corrected chi connectivity index (χ2v) is 4.84. The highest BCUT2D eigenvalue weighted by molar-refractivity contribution is 5.91. The molecular weight excluding hydrogens is 259 g/mol. The molecule has 0 fully saturated rings. The molecule has 0 atom stereocenters. The smallest absolute Gasteiger partial charge is 0.123 e. The molecule has 0 saturated heterocycles. The van der Waals surface area contributed by atoms with Crippen LogP contribution in [0.1, 0.15) is 16.7 Å². The third-order valence-corrected chi connectivity index (χ3v) is 3.35. The van der Waals surface area contributed by atoms with Crippen LogP contribution in [-0.4, -0.2) is 0 Å². The quantitative estimate of drug-likeness (QED) is 0.560. The van der Waals surface area contributed by atoms with Crippen molar-refractivity contribution in [2.75, 3.05) is 0 Å². The second kappa shape index (κ2) is 6.19. The molecule has 3 aromatic rings. The first-order valence-corrected chi connectivity index (χ1v) is 6.91. The van der Waals surface area contributed by atoms with Crippen LogP contribution in [0.4, 0.5) is 4.39 Å². The van der Waals surface area contributed by atoms with Gasteiger partial charge >= 0.3 is 0 Å². The van der Waals surface area contributed by atoms with Crippen LogP contribution < -0.4 is 0 Å². The summed E-state index contributed by atoms with van der Waals surface area (Å²) in [6, 6.07) is 26.9. The minimum Gasteiger partial charge on any atom is -0.207 e. The summed E-state index contributed by atoms with van der Waals surface area (Å²) in [6.45, 7) is 0. The molecule has 0 aliphatic rings. The lowest BCUT2D eigenvalue weighted by Crippen LogP contribution is -1.88. The number of hydrogen-bond donors (Lipinski definition) is 0. The van der Waals surface area contributed by atoms with E-state index in [2.05, 4.69) is 30.3 Å². The van der Waals surface area contributed by atoms with E-state index >= 15 is 0 Å². The van der Waals surface area contributed by atoms with Crippen molar-refractivity contribution >= 4 is 11.6 Å². The molecule has 0 heterocycles. The highest BCUT2D eigenvalue weighted by Gasteiger charge is 2.05. The zero-order chi connectivity index (χ0) is 14.5. The first kappa shape index (κ1) is 13.3. The van der Waals surface area contributed by atoms with Gasteiger partial charge in [0.2, 0.25) is 0 Å². The van der Waals surface area contributed by atoms with Gasteiger partial charge in [0.25, 0.3) is 0 Å². The van der Waals surface area contributed by atoms with Crippen LogP contribution in [0.5, 0.6) is 0 Å². The molecule has 21 heavy (non-hydrogen) atoms. The van der Waals surface area contributed by atoms with Crippen LogP contribution in [0.3, 0.4) is 0 Å². The van der Waals surface area contributed by atoms with E-state index in [4.69, 9.17) is 0 Å². The molecule has 1 heteroatoms. The number of benzene rings is 3. The predicted molar refractivity (Wildman–Crippen MR) is 86.3 cm³/mol. The predicted octanol–water partition coefficient (Wildman–Crippen LogP) is 5.41. The molecule has 0 unspecified atom stereocenters. The molecule has 0 aliphatic carbocycles. The summed E-state index contributed by atoms with van der Waals surface area (Å²) >= 11 is 0. The topological polar surface area (TPSA) is 0 Å². The summed E-state index contributed by atoms with van der Waals surface area (Å²) in [4.78, 5) is 0. The molecule has 3 rings (SSSR count). The van der Waals surface area contributed by atoms with Gasteiger partial charge in [0.15, 0.2) is 0 Å².